The molecule has 1 aromatic rings. The highest BCUT2D eigenvalue weighted by Crippen LogP contribution is 2.32. The number of rotatable bonds is 4. The van der Waals surface area contributed by atoms with Crippen molar-refractivity contribution in [2.24, 2.45) is 5.92 Å². The lowest BCUT2D eigenvalue weighted by Gasteiger charge is -2.18. The van der Waals surface area contributed by atoms with Gasteiger partial charge in [0.05, 0.1) is 6.10 Å². The molecule has 3 nitrogen and oxygen atoms in total. The van der Waals surface area contributed by atoms with Crippen molar-refractivity contribution < 1.29 is 9.90 Å². The number of aliphatic hydroxyl groups excluding tert-OH is 1. The number of thiophene rings is 1. The molecule has 0 aromatic carbocycles. The highest BCUT2D eigenvalue weighted by molar-refractivity contribution is 7.10. The first-order valence-electron chi connectivity index (χ1n) is 5.71. The molecule has 2 unspecified atom stereocenters. The topological polar surface area (TPSA) is 40.5 Å². The van der Waals surface area contributed by atoms with Crippen molar-refractivity contribution in [1.29, 1.82) is 0 Å². The van der Waals surface area contributed by atoms with Gasteiger partial charge in [0.1, 0.15) is 0 Å². The molecule has 88 valence electrons. The predicted octanol–water partition coefficient (Wildman–Crippen LogP) is 2.04. The fourth-order valence-electron chi connectivity index (χ4n) is 2.19. The Balaban J connectivity index is 2.00. The Kier molecular flexibility index (Phi) is 3.61. The van der Waals surface area contributed by atoms with E-state index in [1.165, 1.54) is 0 Å². The van der Waals surface area contributed by atoms with E-state index in [1.807, 2.05) is 22.4 Å². The summed E-state index contributed by atoms with van der Waals surface area (Å²) >= 11 is 1.55. The van der Waals surface area contributed by atoms with Crippen LogP contribution in [0, 0.1) is 5.92 Å². The molecule has 0 saturated carbocycles. The first-order chi connectivity index (χ1) is 7.72. The molecular weight excluding hydrogens is 222 g/mol. The first-order valence-corrected chi connectivity index (χ1v) is 6.59. The van der Waals surface area contributed by atoms with Crippen LogP contribution in [0.15, 0.2) is 17.5 Å². The van der Waals surface area contributed by atoms with E-state index in [9.17, 15) is 9.90 Å². The van der Waals surface area contributed by atoms with Crippen LogP contribution < -0.4 is 0 Å². The number of carbonyl (C=O) groups is 1. The Hall–Kier alpha value is -0.870. The Morgan fingerprint density at radius 3 is 3.12 bits per heavy atom. The van der Waals surface area contributed by atoms with Crippen LogP contribution in [0.5, 0.6) is 0 Å². The van der Waals surface area contributed by atoms with Gasteiger partial charge in [-0.2, -0.15) is 0 Å². The summed E-state index contributed by atoms with van der Waals surface area (Å²) in [6.07, 6.45) is 0.984. The summed E-state index contributed by atoms with van der Waals surface area (Å²) in [5.74, 6) is 0.250. The van der Waals surface area contributed by atoms with Crippen LogP contribution in [-0.4, -0.2) is 29.0 Å². The quantitative estimate of drug-likeness (QED) is 0.873. The second-order valence-electron chi connectivity index (χ2n) is 4.26. The van der Waals surface area contributed by atoms with E-state index in [-0.39, 0.29) is 11.8 Å². The minimum atomic E-state index is -0.481. The third kappa shape index (κ3) is 2.28. The maximum Gasteiger partial charge on any atom is 0.223 e. The third-order valence-corrected chi connectivity index (χ3v) is 3.96. The van der Waals surface area contributed by atoms with Crippen LogP contribution >= 0.6 is 11.3 Å². The van der Waals surface area contributed by atoms with Gasteiger partial charge < -0.3 is 10.0 Å². The van der Waals surface area contributed by atoms with Gasteiger partial charge in [0, 0.05) is 30.3 Å². The molecule has 1 aliphatic rings. The van der Waals surface area contributed by atoms with Gasteiger partial charge in [0.25, 0.3) is 0 Å². The van der Waals surface area contributed by atoms with Crippen LogP contribution in [0.2, 0.25) is 0 Å². The number of aliphatic hydroxyl groups is 1. The summed E-state index contributed by atoms with van der Waals surface area (Å²) in [6.45, 7) is 3.58. The number of amides is 1. The highest BCUT2D eigenvalue weighted by Gasteiger charge is 2.34. The van der Waals surface area contributed by atoms with Crippen molar-refractivity contribution in [3.05, 3.63) is 22.4 Å². The van der Waals surface area contributed by atoms with Crippen molar-refractivity contribution in [3.63, 3.8) is 0 Å². The normalized spacial score (nSPS) is 22.8. The minimum absolute atomic E-state index is 0.0673. The van der Waals surface area contributed by atoms with Gasteiger partial charge in [-0.05, 0) is 17.9 Å². The summed E-state index contributed by atoms with van der Waals surface area (Å²) < 4.78 is 0. The molecule has 2 heterocycles. The SMILES string of the molecule is CCCN1CC(C(O)c2cccs2)CC1=O. The van der Waals surface area contributed by atoms with E-state index in [4.69, 9.17) is 0 Å². The standard InChI is InChI=1S/C12H17NO2S/c1-2-5-13-8-9(7-11(13)14)12(15)10-4-3-6-16-10/h3-4,6,9,12,15H,2,5,7-8H2,1H3. The van der Waals surface area contributed by atoms with Crippen molar-refractivity contribution >= 4 is 17.2 Å². The molecule has 0 bridgehead atoms. The second kappa shape index (κ2) is 4.97. The van der Waals surface area contributed by atoms with Crippen LogP contribution in [0.3, 0.4) is 0 Å². The Bertz CT molecular complexity index is 350. The number of carbonyl (C=O) groups excluding carboxylic acids is 1. The molecule has 1 aliphatic heterocycles. The van der Waals surface area contributed by atoms with E-state index >= 15 is 0 Å². The van der Waals surface area contributed by atoms with Gasteiger partial charge in [0.15, 0.2) is 0 Å². The Morgan fingerprint density at radius 1 is 1.69 bits per heavy atom. The predicted molar refractivity (Wildman–Crippen MR) is 64.3 cm³/mol. The van der Waals surface area contributed by atoms with E-state index in [1.54, 1.807) is 11.3 Å². The van der Waals surface area contributed by atoms with Gasteiger partial charge in [-0.3, -0.25) is 4.79 Å². The molecule has 1 saturated heterocycles. The summed E-state index contributed by atoms with van der Waals surface area (Å²) in [4.78, 5) is 14.5. The number of hydrogen-bond donors (Lipinski definition) is 1. The lowest BCUT2D eigenvalue weighted by molar-refractivity contribution is -0.127. The monoisotopic (exact) mass is 239 g/mol. The molecule has 0 radical (unpaired) electrons. The molecule has 0 spiro atoms. The fraction of sp³-hybridized carbons (Fsp3) is 0.583. The maximum absolute atomic E-state index is 11.7. The van der Waals surface area contributed by atoms with E-state index in [0.717, 1.165) is 17.8 Å². The zero-order valence-electron chi connectivity index (χ0n) is 9.43. The molecule has 1 N–H and O–H groups in total. The molecular formula is C12H17NO2S. The molecule has 16 heavy (non-hydrogen) atoms. The smallest absolute Gasteiger partial charge is 0.223 e. The van der Waals surface area contributed by atoms with Gasteiger partial charge in [-0.25, -0.2) is 0 Å². The van der Waals surface area contributed by atoms with Gasteiger partial charge >= 0.3 is 0 Å². The van der Waals surface area contributed by atoms with E-state index in [0.29, 0.717) is 13.0 Å². The second-order valence-corrected chi connectivity index (χ2v) is 5.24. The van der Waals surface area contributed by atoms with Gasteiger partial charge in [0.2, 0.25) is 5.91 Å². The summed E-state index contributed by atoms with van der Waals surface area (Å²) in [5.41, 5.74) is 0. The maximum atomic E-state index is 11.7. The van der Waals surface area contributed by atoms with Crippen LogP contribution in [0.25, 0.3) is 0 Å². The van der Waals surface area contributed by atoms with Crippen LogP contribution in [0.4, 0.5) is 0 Å². The minimum Gasteiger partial charge on any atom is -0.387 e. The first kappa shape index (κ1) is 11.6. The zero-order valence-corrected chi connectivity index (χ0v) is 10.2. The lowest BCUT2D eigenvalue weighted by Crippen LogP contribution is -2.26. The third-order valence-electron chi connectivity index (χ3n) is 3.02. The number of likely N-dealkylation sites (tertiary alicyclic amines) is 1. The summed E-state index contributed by atoms with van der Waals surface area (Å²) in [5, 5.41) is 12.1. The molecule has 4 heteroatoms. The molecule has 2 atom stereocenters. The fourth-order valence-corrected chi connectivity index (χ4v) is 3.00. The number of nitrogens with zero attached hydrogens (tertiary/aromatic N) is 1. The summed E-state index contributed by atoms with van der Waals surface area (Å²) in [7, 11) is 0. The van der Waals surface area contributed by atoms with Crippen molar-refractivity contribution in [2.45, 2.75) is 25.9 Å². The van der Waals surface area contributed by atoms with Crippen molar-refractivity contribution in [1.82, 2.24) is 4.90 Å². The molecule has 1 fully saturated rings. The lowest BCUT2D eigenvalue weighted by atomic mass is 10.0. The molecule has 0 aliphatic carbocycles. The van der Waals surface area contributed by atoms with Crippen molar-refractivity contribution in [2.75, 3.05) is 13.1 Å². The van der Waals surface area contributed by atoms with Gasteiger partial charge in [-0.15, -0.1) is 11.3 Å². The average molecular weight is 239 g/mol. The van der Waals surface area contributed by atoms with Gasteiger partial charge in [-0.1, -0.05) is 13.0 Å². The van der Waals surface area contributed by atoms with E-state index in [2.05, 4.69) is 6.92 Å². The highest BCUT2D eigenvalue weighted by atomic mass is 32.1. The molecule has 1 amide bonds. The largest absolute Gasteiger partial charge is 0.387 e. The van der Waals surface area contributed by atoms with E-state index < -0.39 is 6.10 Å². The molecule has 1 aromatic heterocycles. The average Bonchev–Trinajstić information content (AvgIpc) is 2.88. The zero-order chi connectivity index (χ0) is 11.5. The van der Waals surface area contributed by atoms with Crippen molar-refractivity contribution in [3.8, 4) is 0 Å². The Morgan fingerprint density at radius 2 is 2.50 bits per heavy atom. The summed E-state index contributed by atoms with van der Waals surface area (Å²) in [6, 6.07) is 3.87. The Labute approximate surface area is 99.7 Å². The number of hydrogen-bond acceptors (Lipinski definition) is 3. The van der Waals surface area contributed by atoms with Crippen LogP contribution in [-0.2, 0) is 4.79 Å². The van der Waals surface area contributed by atoms with Crippen LogP contribution in [0.1, 0.15) is 30.7 Å². The molecule has 2 rings (SSSR count).